The molecule has 0 radical (unpaired) electrons. The summed E-state index contributed by atoms with van der Waals surface area (Å²) >= 11 is 6.21. The van der Waals surface area contributed by atoms with Crippen molar-refractivity contribution >= 4 is 29.1 Å². The van der Waals surface area contributed by atoms with Gasteiger partial charge in [0.1, 0.15) is 11.5 Å². The number of halogens is 1. The summed E-state index contributed by atoms with van der Waals surface area (Å²) in [5.41, 5.74) is 1.16. The predicted molar refractivity (Wildman–Crippen MR) is 126 cm³/mol. The summed E-state index contributed by atoms with van der Waals surface area (Å²) in [6.45, 7) is 3.56. The predicted octanol–water partition coefficient (Wildman–Crippen LogP) is 4.50. The Labute approximate surface area is 194 Å². The molecule has 0 aromatic heterocycles. The third-order valence-electron chi connectivity index (χ3n) is 5.37. The van der Waals surface area contributed by atoms with Crippen molar-refractivity contribution in [2.24, 2.45) is 0 Å². The van der Waals surface area contributed by atoms with E-state index in [0.717, 1.165) is 12.8 Å². The third-order valence-corrected chi connectivity index (χ3v) is 5.60. The van der Waals surface area contributed by atoms with E-state index in [-0.39, 0.29) is 11.3 Å². The molecule has 6 nitrogen and oxygen atoms in total. The van der Waals surface area contributed by atoms with Crippen LogP contribution in [0.1, 0.15) is 36.9 Å². The topological polar surface area (TPSA) is 70.1 Å². The Morgan fingerprint density at radius 1 is 1.16 bits per heavy atom. The molecular weight excluding hydrogens is 428 g/mol. The molecule has 32 heavy (non-hydrogen) atoms. The second-order valence-electron chi connectivity index (χ2n) is 8.08. The lowest BCUT2D eigenvalue weighted by molar-refractivity contribution is -0.140. The average Bonchev–Trinajstić information content (AvgIpc) is 3.02. The van der Waals surface area contributed by atoms with Crippen molar-refractivity contribution in [1.29, 1.82) is 0 Å². The first-order valence-corrected chi connectivity index (χ1v) is 11.1. The molecule has 1 N–H and O–H groups in total. The number of benzene rings is 2. The molecule has 0 spiro atoms. The summed E-state index contributed by atoms with van der Waals surface area (Å²) < 4.78 is 5.74. The van der Waals surface area contributed by atoms with Crippen LogP contribution in [0.15, 0.2) is 54.1 Å². The Balaban J connectivity index is 2.06. The van der Waals surface area contributed by atoms with Crippen molar-refractivity contribution in [2.45, 2.75) is 25.8 Å². The first-order valence-electron chi connectivity index (χ1n) is 10.7. The molecule has 7 heteroatoms. The number of ketones is 1. The van der Waals surface area contributed by atoms with Gasteiger partial charge in [-0.1, -0.05) is 49.2 Å². The van der Waals surface area contributed by atoms with Crippen LogP contribution in [-0.4, -0.2) is 60.4 Å². The van der Waals surface area contributed by atoms with Gasteiger partial charge in [-0.15, -0.1) is 0 Å². The Hall–Kier alpha value is -2.83. The summed E-state index contributed by atoms with van der Waals surface area (Å²) in [6.07, 6.45) is 1.93. The van der Waals surface area contributed by atoms with Crippen LogP contribution in [0.2, 0.25) is 5.02 Å². The van der Waals surface area contributed by atoms with Crippen LogP contribution in [0.4, 0.5) is 0 Å². The molecule has 1 saturated heterocycles. The van der Waals surface area contributed by atoms with Gasteiger partial charge in [0.05, 0.1) is 18.2 Å². The second kappa shape index (κ2) is 10.7. The number of aliphatic hydroxyl groups excluding tert-OH is 1. The number of nitrogens with zero attached hydrogens (tertiary/aromatic N) is 2. The van der Waals surface area contributed by atoms with Crippen LogP contribution >= 0.6 is 11.6 Å². The normalized spacial score (nSPS) is 17.9. The van der Waals surface area contributed by atoms with E-state index in [1.807, 2.05) is 25.1 Å². The fourth-order valence-corrected chi connectivity index (χ4v) is 3.86. The summed E-state index contributed by atoms with van der Waals surface area (Å²) in [5.74, 6) is -0.956. The van der Waals surface area contributed by atoms with Crippen molar-refractivity contribution in [2.75, 3.05) is 33.8 Å². The van der Waals surface area contributed by atoms with Crippen molar-refractivity contribution in [3.8, 4) is 5.75 Å². The average molecular weight is 457 g/mol. The quantitative estimate of drug-likeness (QED) is 0.260. The Morgan fingerprint density at radius 3 is 2.59 bits per heavy atom. The number of likely N-dealkylation sites (N-methyl/N-ethyl adjacent to an activating group) is 1. The lowest BCUT2D eigenvalue weighted by Crippen LogP contribution is -2.35. The molecule has 1 aliphatic rings. The van der Waals surface area contributed by atoms with Crippen LogP contribution in [0, 0.1) is 0 Å². The first kappa shape index (κ1) is 23.8. The Bertz CT molecular complexity index is 1020. The van der Waals surface area contributed by atoms with E-state index in [9.17, 15) is 14.7 Å². The Morgan fingerprint density at radius 2 is 1.91 bits per heavy atom. The van der Waals surface area contributed by atoms with Crippen molar-refractivity contribution < 1.29 is 19.4 Å². The zero-order valence-electron chi connectivity index (χ0n) is 18.7. The Kier molecular flexibility index (Phi) is 7.94. The first-order chi connectivity index (χ1) is 15.3. The van der Waals surface area contributed by atoms with E-state index < -0.39 is 17.7 Å². The van der Waals surface area contributed by atoms with Crippen molar-refractivity contribution in [3.05, 3.63) is 70.3 Å². The van der Waals surface area contributed by atoms with Crippen molar-refractivity contribution in [1.82, 2.24) is 9.80 Å². The van der Waals surface area contributed by atoms with Crippen LogP contribution in [0.5, 0.6) is 5.75 Å². The fraction of sp³-hybridized carbons (Fsp3) is 0.360. The summed E-state index contributed by atoms with van der Waals surface area (Å²) in [6, 6.07) is 13.3. The summed E-state index contributed by atoms with van der Waals surface area (Å²) in [4.78, 5) is 29.4. The van der Waals surface area contributed by atoms with Gasteiger partial charge in [0.15, 0.2) is 0 Å². The number of ether oxygens (including phenoxy) is 1. The van der Waals surface area contributed by atoms with Gasteiger partial charge in [0.25, 0.3) is 11.7 Å². The number of likely N-dealkylation sites (tertiary alicyclic amines) is 1. The number of hydrogen-bond donors (Lipinski definition) is 1. The van der Waals surface area contributed by atoms with Gasteiger partial charge >= 0.3 is 0 Å². The highest BCUT2D eigenvalue weighted by Gasteiger charge is 2.45. The van der Waals surface area contributed by atoms with E-state index in [4.69, 9.17) is 16.3 Å². The van der Waals surface area contributed by atoms with Crippen LogP contribution < -0.4 is 4.74 Å². The molecule has 1 atom stereocenters. The number of Topliss-reactive ketones (excluding diaryl/α,β-unsaturated/α-hetero) is 1. The van der Waals surface area contributed by atoms with Gasteiger partial charge in [-0.25, -0.2) is 0 Å². The molecule has 2 aromatic rings. The molecule has 1 unspecified atom stereocenters. The number of hydrogen-bond acceptors (Lipinski definition) is 5. The highest BCUT2D eigenvalue weighted by Crippen LogP contribution is 2.40. The van der Waals surface area contributed by atoms with Gasteiger partial charge in [-0.3, -0.25) is 9.59 Å². The molecule has 0 saturated carbocycles. The molecule has 1 aliphatic heterocycles. The summed E-state index contributed by atoms with van der Waals surface area (Å²) in [7, 11) is 3.80. The van der Waals surface area contributed by atoms with Gasteiger partial charge < -0.3 is 19.6 Å². The van der Waals surface area contributed by atoms with Crippen LogP contribution in [0.25, 0.3) is 5.76 Å². The van der Waals surface area contributed by atoms with E-state index in [0.29, 0.717) is 41.6 Å². The van der Waals surface area contributed by atoms with E-state index in [1.165, 1.54) is 4.90 Å². The number of carbonyl (C=O) groups excluding carboxylic acids is 2. The van der Waals surface area contributed by atoms with E-state index in [1.54, 1.807) is 42.5 Å². The van der Waals surface area contributed by atoms with E-state index in [2.05, 4.69) is 6.92 Å². The monoisotopic (exact) mass is 456 g/mol. The molecule has 0 aliphatic carbocycles. The largest absolute Gasteiger partial charge is 0.507 e. The van der Waals surface area contributed by atoms with Gasteiger partial charge in [0.2, 0.25) is 0 Å². The van der Waals surface area contributed by atoms with Gasteiger partial charge in [-0.2, -0.15) is 0 Å². The van der Waals surface area contributed by atoms with Crippen molar-refractivity contribution in [3.63, 3.8) is 0 Å². The number of unbranched alkanes of at least 4 members (excludes halogenated alkanes) is 1. The molecular formula is C25H29ClN2O4. The molecule has 3 rings (SSSR count). The lowest BCUT2D eigenvalue weighted by Gasteiger charge is -2.26. The highest BCUT2D eigenvalue weighted by atomic mass is 35.5. The maximum atomic E-state index is 13.1. The zero-order chi connectivity index (χ0) is 23.3. The minimum Gasteiger partial charge on any atom is -0.507 e. The maximum Gasteiger partial charge on any atom is 0.295 e. The third kappa shape index (κ3) is 5.31. The molecule has 2 aromatic carbocycles. The lowest BCUT2D eigenvalue weighted by atomic mass is 9.95. The van der Waals surface area contributed by atoms with E-state index >= 15 is 0 Å². The maximum absolute atomic E-state index is 13.1. The highest BCUT2D eigenvalue weighted by molar-refractivity contribution is 6.46. The number of aliphatic hydroxyl groups is 1. The SMILES string of the molecule is CCCCOc1cccc(/C(O)=C2\C(=O)C(=O)N(CCN(C)C)C2c2cccc(Cl)c2)c1. The minimum atomic E-state index is -0.724. The van der Waals surface area contributed by atoms with Gasteiger partial charge in [-0.05, 0) is 50.3 Å². The second-order valence-corrected chi connectivity index (χ2v) is 8.52. The van der Waals surface area contributed by atoms with Crippen LogP contribution in [0.3, 0.4) is 0 Å². The fourth-order valence-electron chi connectivity index (χ4n) is 3.66. The number of carbonyl (C=O) groups is 2. The summed E-state index contributed by atoms with van der Waals surface area (Å²) in [5, 5.41) is 11.7. The van der Waals surface area contributed by atoms with Gasteiger partial charge in [0, 0.05) is 23.7 Å². The number of amides is 1. The smallest absolute Gasteiger partial charge is 0.295 e. The standard InChI is InChI=1S/C25H29ClN2O4/c1-4-5-14-32-20-11-7-9-18(16-20)23(29)21-22(17-8-6-10-19(26)15-17)28(13-12-27(2)3)25(31)24(21)30/h6-11,15-16,22,29H,4-5,12-14H2,1-3H3/b23-21+. The molecule has 1 heterocycles. The molecule has 1 fully saturated rings. The minimum absolute atomic E-state index is 0.0572. The molecule has 0 bridgehead atoms. The number of rotatable bonds is 9. The molecule has 170 valence electrons. The zero-order valence-corrected chi connectivity index (χ0v) is 19.4. The van der Waals surface area contributed by atoms with Crippen LogP contribution in [-0.2, 0) is 9.59 Å². The molecule has 1 amide bonds.